The molecule has 2 unspecified atom stereocenters. The summed E-state index contributed by atoms with van der Waals surface area (Å²) in [5, 5.41) is 15.9. The Morgan fingerprint density at radius 2 is 2.07 bits per heavy atom. The summed E-state index contributed by atoms with van der Waals surface area (Å²) >= 11 is 0. The van der Waals surface area contributed by atoms with Crippen molar-refractivity contribution in [2.45, 2.75) is 50.3 Å². The van der Waals surface area contributed by atoms with Gasteiger partial charge in [-0.3, -0.25) is 4.98 Å². The molecule has 0 spiro atoms. The maximum atomic E-state index is 9.39. The number of aliphatic hydroxyl groups excluding tert-OH is 1. The second-order valence-corrected chi connectivity index (χ2v) is 8.05. The van der Waals surface area contributed by atoms with E-state index in [9.17, 15) is 5.11 Å². The van der Waals surface area contributed by atoms with Crippen LogP contribution in [0.1, 0.15) is 37.8 Å². The van der Waals surface area contributed by atoms with Crippen molar-refractivity contribution in [2.24, 2.45) is 0 Å². The molecule has 3 aliphatic rings. The Morgan fingerprint density at radius 1 is 1.21 bits per heavy atom. The van der Waals surface area contributed by atoms with Crippen LogP contribution < -0.4 is 15.5 Å². The molecular formula is C20H26N6O2. The summed E-state index contributed by atoms with van der Waals surface area (Å²) in [6.07, 6.45) is 7.46. The molecule has 4 heterocycles. The van der Waals surface area contributed by atoms with E-state index in [2.05, 4.69) is 30.5 Å². The number of pyridine rings is 1. The van der Waals surface area contributed by atoms with Crippen LogP contribution in [-0.2, 0) is 4.74 Å². The molecule has 148 valence electrons. The third kappa shape index (κ3) is 3.62. The van der Waals surface area contributed by atoms with E-state index in [0.717, 1.165) is 36.8 Å². The average Bonchev–Trinajstić information content (AvgIpc) is 3.34. The van der Waals surface area contributed by atoms with Gasteiger partial charge >= 0.3 is 0 Å². The molecule has 1 saturated carbocycles. The molecule has 5 rings (SSSR count). The lowest BCUT2D eigenvalue weighted by Gasteiger charge is -2.29. The highest BCUT2D eigenvalue weighted by Gasteiger charge is 2.39. The van der Waals surface area contributed by atoms with Crippen LogP contribution >= 0.6 is 0 Å². The van der Waals surface area contributed by atoms with E-state index >= 15 is 0 Å². The van der Waals surface area contributed by atoms with Gasteiger partial charge in [-0.1, -0.05) is 0 Å². The fourth-order valence-electron chi connectivity index (χ4n) is 3.96. The molecule has 3 atom stereocenters. The molecule has 3 N–H and O–H groups in total. The molecule has 0 radical (unpaired) electrons. The van der Waals surface area contributed by atoms with Crippen LogP contribution in [0.5, 0.6) is 0 Å². The van der Waals surface area contributed by atoms with Crippen molar-refractivity contribution in [1.29, 1.82) is 0 Å². The van der Waals surface area contributed by atoms with Gasteiger partial charge in [-0.15, -0.1) is 0 Å². The second kappa shape index (κ2) is 7.18. The van der Waals surface area contributed by atoms with Gasteiger partial charge in [0.2, 0.25) is 0 Å². The molecule has 0 amide bonds. The van der Waals surface area contributed by atoms with Gasteiger partial charge in [0, 0.05) is 36.3 Å². The van der Waals surface area contributed by atoms with Gasteiger partial charge in [-0.25, -0.2) is 9.97 Å². The number of fused-ring (bicyclic) bond motifs is 2. The van der Waals surface area contributed by atoms with Gasteiger partial charge < -0.3 is 25.4 Å². The topological polar surface area (TPSA) is 95.4 Å². The van der Waals surface area contributed by atoms with Crippen molar-refractivity contribution in [3.8, 4) is 0 Å². The normalized spacial score (nSPS) is 24.4. The molecule has 2 aromatic rings. The number of morpholine rings is 1. The standard InChI is InChI=1S/C20H26N6O2/c1-12(10-27)23-18-5-14(26-9-16-4-15(26)11-28-16)6-19(24-18)25-20-8-21-17(7-22-20)13-2-3-13/h5-8,12-13,15-16,27H,2-4,9-11H2,1H3,(H2,22,23,24,25)/t12-,15?,16?/m0/s1. The summed E-state index contributed by atoms with van der Waals surface area (Å²) in [5.41, 5.74) is 2.17. The van der Waals surface area contributed by atoms with Crippen LogP contribution in [0.4, 0.5) is 23.1 Å². The highest BCUT2D eigenvalue weighted by molar-refractivity contribution is 5.65. The number of nitrogens with one attached hydrogen (secondary N) is 2. The van der Waals surface area contributed by atoms with E-state index < -0.39 is 0 Å². The third-order valence-corrected chi connectivity index (χ3v) is 5.63. The SMILES string of the molecule is C[C@@H](CO)Nc1cc(N2CC3CC2CO3)cc(Nc2cnc(C3CC3)cn2)n1. The molecule has 2 aromatic heterocycles. The molecule has 28 heavy (non-hydrogen) atoms. The Labute approximate surface area is 164 Å². The van der Waals surface area contributed by atoms with Gasteiger partial charge in [-0.2, -0.15) is 0 Å². The molecule has 3 fully saturated rings. The van der Waals surface area contributed by atoms with E-state index in [1.54, 1.807) is 6.20 Å². The first-order chi connectivity index (χ1) is 13.7. The van der Waals surface area contributed by atoms with E-state index in [-0.39, 0.29) is 12.6 Å². The number of aromatic nitrogens is 3. The zero-order valence-electron chi connectivity index (χ0n) is 16.0. The highest BCUT2D eigenvalue weighted by atomic mass is 16.5. The van der Waals surface area contributed by atoms with Crippen LogP contribution in [0.25, 0.3) is 0 Å². The molecule has 2 bridgehead atoms. The van der Waals surface area contributed by atoms with Gasteiger partial charge in [0.1, 0.15) is 17.5 Å². The van der Waals surface area contributed by atoms with Crippen LogP contribution in [0.3, 0.4) is 0 Å². The summed E-state index contributed by atoms with van der Waals surface area (Å²) in [7, 11) is 0. The zero-order valence-corrected chi connectivity index (χ0v) is 16.0. The van der Waals surface area contributed by atoms with Crippen molar-refractivity contribution in [3.05, 3.63) is 30.2 Å². The average molecular weight is 382 g/mol. The summed E-state index contributed by atoms with van der Waals surface area (Å²) in [4.78, 5) is 16.1. The van der Waals surface area contributed by atoms with Crippen LogP contribution in [0.15, 0.2) is 24.5 Å². The predicted octanol–water partition coefficient (Wildman–Crippen LogP) is 2.26. The van der Waals surface area contributed by atoms with Crippen LogP contribution in [0.2, 0.25) is 0 Å². The molecule has 0 aromatic carbocycles. The summed E-state index contributed by atoms with van der Waals surface area (Å²) < 4.78 is 5.74. The van der Waals surface area contributed by atoms with Gasteiger partial charge in [0.15, 0.2) is 0 Å². The minimum absolute atomic E-state index is 0.0467. The predicted molar refractivity (Wildman–Crippen MR) is 107 cm³/mol. The van der Waals surface area contributed by atoms with Gasteiger partial charge in [0.05, 0.1) is 43.4 Å². The Bertz CT molecular complexity index is 841. The molecule has 2 saturated heterocycles. The fourth-order valence-corrected chi connectivity index (χ4v) is 3.96. The number of aliphatic hydroxyl groups is 1. The van der Waals surface area contributed by atoms with E-state index in [4.69, 9.17) is 4.74 Å². The Balaban J connectivity index is 1.40. The lowest BCUT2D eigenvalue weighted by molar-refractivity contribution is 0.0991. The Kier molecular flexibility index (Phi) is 4.52. The molecule has 8 nitrogen and oxygen atoms in total. The lowest BCUT2D eigenvalue weighted by Crippen LogP contribution is -2.37. The van der Waals surface area contributed by atoms with E-state index in [1.807, 2.05) is 25.3 Å². The Hall–Kier alpha value is -2.45. The maximum absolute atomic E-state index is 9.39. The van der Waals surface area contributed by atoms with Crippen LogP contribution in [-0.4, -0.2) is 58.0 Å². The smallest absolute Gasteiger partial charge is 0.150 e. The quantitative estimate of drug-likeness (QED) is 0.671. The number of ether oxygens (including phenoxy) is 1. The summed E-state index contributed by atoms with van der Waals surface area (Å²) in [5.74, 6) is 2.71. The number of nitrogens with zero attached hydrogens (tertiary/aromatic N) is 4. The number of anilines is 4. The first kappa shape index (κ1) is 17.6. The highest BCUT2D eigenvalue weighted by Crippen LogP contribution is 2.39. The van der Waals surface area contributed by atoms with Gasteiger partial charge in [-0.05, 0) is 26.2 Å². The van der Waals surface area contributed by atoms with Crippen molar-refractivity contribution >= 4 is 23.1 Å². The minimum Gasteiger partial charge on any atom is -0.394 e. The van der Waals surface area contributed by atoms with Crippen molar-refractivity contribution in [3.63, 3.8) is 0 Å². The fraction of sp³-hybridized carbons (Fsp3) is 0.550. The molecule has 1 aliphatic carbocycles. The van der Waals surface area contributed by atoms with E-state index in [0.29, 0.717) is 29.7 Å². The van der Waals surface area contributed by atoms with Crippen molar-refractivity contribution in [1.82, 2.24) is 15.0 Å². The molecular weight excluding hydrogens is 356 g/mol. The molecule has 8 heteroatoms. The number of hydrogen-bond acceptors (Lipinski definition) is 8. The number of hydrogen-bond donors (Lipinski definition) is 3. The van der Waals surface area contributed by atoms with Gasteiger partial charge in [0.25, 0.3) is 0 Å². The monoisotopic (exact) mass is 382 g/mol. The summed E-state index contributed by atoms with van der Waals surface area (Å²) in [6.45, 7) is 3.65. The first-order valence-electron chi connectivity index (χ1n) is 10.0. The largest absolute Gasteiger partial charge is 0.394 e. The minimum atomic E-state index is -0.0772. The molecule has 2 aliphatic heterocycles. The summed E-state index contributed by atoms with van der Waals surface area (Å²) in [6, 6.07) is 4.43. The second-order valence-electron chi connectivity index (χ2n) is 8.05. The van der Waals surface area contributed by atoms with Crippen LogP contribution in [0, 0.1) is 0 Å². The van der Waals surface area contributed by atoms with E-state index in [1.165, 1.54) is 12.8 Å². The van der Waals surface area contributed by atoms with Crippen molar-refractivity contribution in [2.75, 3.05) is 35.3 Å². The third-order valence-electron chi connectivity index (χ3n) is 5.63. The first-order valence-corrected chi connectivity index (χ1v) is 10.0. The maximum Gasteiger partial charge on any atom is 0.150 e. The zero-order chi connectivity index (χ0) is 19.1. The van der Waals surface area contributed by atoms with Crippen molar-refractivity contribution < 1.29 is 9.84 Å². The lowest BCUT2D eigenvalue weighted by atomic mass is 10.2. The number of rotatable bonds is 7. The Morgan fingerprint density at radius 3 is 2.71 bits per heavy atom.